The number of hydrogen-bond acceptors (Lipinski definition) is 5. The van der Waals surface area contributed by atoms with Gasteiger partial charge in [0.05, 0.1) is 19.3 Å². The van der Waals surface area contributed by atoms with Gasteiger partial charge in [0.2, 0.25) is 11.8 Å². The van der Waals surface area contributed by atoms with E-state index in [0.29, 0.717) is 48.9 Å². The Kier molecular flexibility index (Phi) is 7.03. The van der Waals surface area contributed by atoms with Gasteiger partial charge in [0.25, 0.3) is 5.91 Å². The molecule has 1 aliphatic rings. The second kappa shape index (κ2) is 9.89. The molecule has 0 aromatic heterocycles. The van der Waals surface area contributed by atoms with E-state index in [1.54, 1.807) is 55.3 Å². The van der Waals surface area contributed by atoms with E-state index < -0.39 is 0 Å². The van der Waals surface area contributed by atoms with E-state index in [-0.39, 0.29) is 24.3 Å². The first-order valence-electron chi connectivity index (χ1n) is 9.78. The van der Waals surface area contributed by atoms with Gasteiger partial charge in [0.1, 0.15) is 5.75 Å². The van der Waals surface area contributed by atoms with Crippen LogP contribution in [0.5, 0.6) is 5.75 Å². The molecule has 0 bridgehead atoms. The molecule has 8 nitrogen and oxygen atoms in total. The lowest BCUT2D eigenvalue weighted by Gasteiger charge is -2.33. The zero-order chi connectivity index (χ0) is 21.5. The van der Waals surface area contributed by atoms with Crippen molar-refractivity contribution >= 4 is 29.1 Å². The number of piperazine rings is 1. The number of carbonyl (C=O) groups excluding carboxylic acids is 3. The molecule has 3 amide bonds. The molecule has 1 fully saturated rings. The highest BCUT2D eigenvalue weighted by Crippen LogP contribution is 2.23. The zero-order valence-electron chi connectivity index (χ0n) is 17.2. The van der Waals surface area contributed by atoms with Crippen molar-refractivity contribution in [3.05, 3.63) is 54.1 Å². The predicted octanol–water partition coefficient (Wildman–Crippen LogP) is 2.05. The SMILES string of the molecule is COc1ccccc1NC(=O)c1ccc(NC(=O)CN2CCN(C(C)=O)CC2)cc1. The van der Waals surface area contributed by atoms with Gasteiger partial charge in [0.15, 0.2) is 0 Å². The molecule has 2 aromatic rings. The second-order valence-electron chi connectivity index (χ2n) is 7.06. The van der Waals surface area contributed by atoms with Gasteiger partial charge in [-0.15, -0.1) is 0 Å². The minimum atomic E-state index is -0.263. The third-order valence-corrected chi connectivity index (χ3v) is 4.97. The first-order valence-corrected chi connectivity index (χ1v) is 9.78. The monoisotopic (exact) mass is 410 g/mol. The highest BCUT2D eigenvalue weighted by molar-refractivity contribution is 6.05. The van der Waals surface area contributed by atoms with Gasteiger partial charge in [-0.2, -0.15) is 0 Å². The number of rotatable bonds is 6. The number of nitrogens with one attached hydrogen (secondary N) is 2. The Labute approximate surface area is 175 Å². The van der Waals surface area contributed by atoms with Gasteiger partial charge in [0, 0.05) is 44.4 Å². The number of anilines is 2. The maximum Gasteiger partial charge on any atom is 0.255 e. The summed E-state index contributed by atoms with van der Waals surface area (Å²) in [6.07, 6.45) is 0. The predicted molar refractivity (Wildman–Crippen MR) is 115 cm³/mol. The Hall–Kier alpha value is -3.39. The third-order valence-electron chi connectivity index (χ3n) is 4.97. The summed E-state index contributed by atoms with van der Waals surface area (Å²) in [6.45, 7) is 4.45. The number of ether oxygens (including phenoxy) is 1. The highest BCUT2D eigenvalue weighted by Gasteiger charge is 2.20. The standard InChI is InChI=1S/C22H26N4O4/c1-16(27)26-13-11-25(12-14-26)15-21(28)23-18-9-7-17(8-10-18)22(29)24-19-5-3-4-6-20(19)30-2/h3-10H,11-15H2,1-2H3,(H,23,28)(H,24,29). The number of carbonyl (C=O) groups is 3. The van der Waals surface area contributed by atoms with Crippen molar-refractivity contribution in [3.8, 4) is 5.75 Å². The molecule has 0 unspecified atom stereocenters. The summed E-state index contributed by atoms with van der Waals surface area (Å²) in [4.78, 5) is 39.9. The minimum absolute atomic E-state index is 0.0638. The number of benzene rings is 2. The maximum atomic E-state index is 12.5. The molecule has 0 spiro atoms. The molecular formula is C22H26N4O4. The van der Waals surface area contributed by atoms with Gasteiger partial charge >= 0.3 is 0 Å². The number of nitrogens with zero attached hydrogens (tertiary/aromatic N) is 2. The average Bonchev–Trinajstić information content (AvgIpc) is 2.75. The molecule has 30 heavy (non-hydrogen) atoms. The van der Waals surface area contributed by atoms with Crippen LogP contribution in [0.15, 0.2) is 48.5 Å². The lowest BCUT2D eigenvalue weighted by atomic mass is 10.2. The summed E-state index contributed by atoms with van der Waals surface area (Å²) in [5, 5.41) is 5.66. The third kappa shape index (κ3) is 5.57. The highest BCUT2D eigenvalue weighted by atomic mass is 16.5. The molecule has 1 saturated heterocycles. The Bertz CT molecular complexity index is 906. The molecule has 0 saturated carbocycles. The number of hydrogen-bond donors (Lipinski definition) is 2. The topological polar surface area (TPSA) is 91.0 Å². The van der Waals surface area contributed by atoms with Crippen LogP contribution in [0.25, 0.3) is 0 Å². The van der Waals surface area contributed by atoms with Crippen molar-refractivity contribution in [1.29, 1.82) is 0 Å². The molecule has 0 aliphatic carbocycles. The van der Waals surface area contributed by atoms with E-state index in [4.69, 9.17) is 4.74 Å². The summed E-state index contributed by atoms with van der Waals surface area (Å²) in [5.74, 6) is 0.256. The van der Waals surface area contributed by atoms with Gasteiger partial charge in [-0.1, -0.05) is 12.1 Å². The number of methoxy groups -OCH3 is 1. The lowest BCUT2D eigenvalue weighted by Crippen LogP contribution is -2.49. The molecule has 8 heteroatoms. The maximum absolute atomic E-state index is 12.5. The first-order chi connectivity index (χ1) is 14.5. The quantitative estimate of drug-likeness (QED) is 0.761. The van der Waals surface area contributed by atoms with Gasteiger partial charge < -0.3 is 20.3 Å². The lowest BCUT2D eigenvalue weighted by molar-refractivity contribution is -0.130. The van der Waals surface area contributed by atoms with Crippen molar-refractivity contribution < 1.29 is 19.1 Å². The minimum Gasteiger partial charge on any atom is -0.495 e. The van der Waals surface area contributed by atoms with Crippen LogP contribution in [0.1, 0.15) is 17.3 Å². The average molecular weight is 410 g/mol. The molecule has 2 N–H and O–H groups in total. The molecule has 2 aromatic carbocycles. The van der Waals surface area contributed by atoms with Crippen molar-refractivity contribution in [2.24, 2.45) is 0 Å². The van der Waals surface area contributed by atoms with Crippen molar-refractivity contribution in [2.45, 2.75) is 6.92 Å². The molecule has 3 rings (SSSR count). The van der Waals surface area contributed by atoms with E-state index in [1.807, 2.05) is 17.0 Å². The van der Waals surface area contributed by atoms with Gasteiger partial charge in [-0.25, -0.2) is 0 Å². The Morgan fingerprint density at radius 1 is 0.933 bits per heavy atom. The fourth-order valence-electron chi connectivity index (χ4n) is 3.27. The van der Waals surface area contributed by atoms with Crippen LogP contribution in [0.3, 0.4) is 0 Å². The zero-order valence-corrected chi connectivity index (χ0v) is 17.2. The van der Waals surface area contributed by atoms with E-state index in [9.17, 15) is 14.4 Å². The molecule has 1 aliphatic heterocycles. The van der Waals surface area contributed by atoms with Crippen molar-refractivity contribution in [2.75, 3.05) is 50.5 Å². The summed E-state index contributed by atoms with van der Waals surface area (Å²) in [6, 6.07) is 13.9. The molecular weight excluding hydrogens is 384 g/mol. The van der Waals surface area contributed by atoms with Crippen molar-refractivity contribution in [3.63, 3.8) is 0 Å². The fourth-order valence-corrected chi connectivity index (χ4v) is 3.27. The van der Waals surface area contributed by atoms with Crippen LogP contribution < -0.4 is 15.4 Å². The molecule has 1 heterocycles. The van der Waals surface area contributed by atoms with E-state index in [0.717, 1.165) is 0 Å². The fraction of sp³-hybridized carbons (Fsp3) is 0.318. The van der Waals surface area contributed by atoms with Crippen LogP contribution in [0.2, 0.25) is 0 Å². The van der Waals surface area contributed by atoms with Crippen molar-refractivity contribution in [1.82, 2.24) is 9.80 Å². The van der Waals surface area contributed by atoms with E-state index in [1.165, 1.54) is 0 Å². The molecule has 0 radical (unpaired) electrons. The van der Waals surface area contributed by atoms with Gasteiger partial charge in [-0.3, -0.25) is 19.3 Å². The largest absolute Gasteiger partial charge is 0.495 e. The summed E-state index contributed by atoms with van der Waals surface area (Å²) in [7, 11) is 1.55. The van der Waals surface area contributed by atoms with E-state index in [2.05, 4.69) is 10.6 Å². The summed E-state index contributed by atoms with van der Waals surface area (Å²) >= 11 is 0. The number of para-hydroxylation sites is 2. The molecule has 158 valence electrons. The van der Waals surface area contributed by atoms with Crippen LogP contribution in [0, 0.1) is 0 Å². The van der Waals surface area contributed by atoms with Crippen LogP contribution in [0.4, 0.5) is 11.4 Å². The molecule has 0 atom stereocenters. The van der Waals surface area contributed by atoms with Gasteiger partial charge in [-0.05, 0) is 36.4 Å². The van der Waals surface area contributed by atoms with Crippen LogP contribution in [-0.4, -0.2) is 67.4 Å². The van der Waals surface area contributed by atoms with E-state index >= 15 is 0 Å². The Morgan fingerprint density at radius 3 is 2.23 bits per heavy atom. The summed E-state index contributed by atoms with van der Waals surface area (Å²) in [5.41, 5.74) is 1.68. The van der Waals surface area contributed by atoms with Crippen LogP contribution >= 0.6 is 0 Å². The Morgan fingerprint density at radius 2 is 1.60 bits per heavy atom. The Balaban J connectivity index is 1.51. The number of amides is 3. The normalized spacial score (nSPS) is 14.1. The first kappa shape index (κ1) is 21.3. The second-order valence-corrected chi connectivity index (χ2v) is 7.06. The summed E-state index contributed by atoms with van der Waals surface area (Å²) < 4.78 is 5.24. The van der Waals surface area contributed by atoms with Crippen LogP contribution in [-0.2, 0) is 9.59 Å². The smallest absolute Gasteiger partial charge is 0.255 e.